The Morgan fingerprint density at radius 2 is 1.79 bits per heavy atom. The number of aromatic nitrogens is 2. The average Bonchev–Trinajstić information content (AvgIpc) is 2.68. The number of piperazine rings is 1. The lowest BCUT2D eigenvalue weighted by Gasteiger charge is -2.33. The van der Waals surface area contributed by atoms with Crippen molar-refractivity contribution in [3.63, 3.8) is 0 Å². The molecule has 1 N–H and O–H groups in total. The van der Waals surface area contributed by atoms with Gasteiger partial charge < -0.3 is 19.9 Å². The van der Waals surface area contributed by atoms with E-state index in [9.17, 15) is 4.79 Å². The van der Waals surface area contributed by atoms with E-state index in [1.807, 2.05) is 24.3 Å². The lowest BCUT2D eigenvalue weighted by atomic mass is 9.87. The summed E-state index contributed by atoms with van der Waals surface area (Å²) < 4.78 is 5.23. The minimum absolute atomic E-state index is 0.120. The second-order valence-corrected chi connectivity index (χ2v) is 7.77. The summed E-state index contributed by atoms with van der Waals surface area (Å²) in [6.07, 6.45) is 1.35. The third kappa shape index (κ3) is 3.80. The molecule has 0 spiro atoms. The van der Waals surface area contributed by atoms with Gasteiger partial charge in [0.05, 0.1) is 18.4 Å². The molecule has 7 heteroatoms. The Balaban J connectivity index is 1.70. The molecular weight excluding hydrogens is 354 g/mol. The highest BCUT2D eigenvalue weighted by Gasteiger charge is 2.29. The molecule has 0 unspecified atom stereocenters. The molecule has 28 heavy (non-hydrogen) atoms. The van der Waals surface area contributed by atoms with E-state index in [1.54, 1.807) is 7.11 Å². The van der Waals surface area contributed by atoms with Crippen LogP contribution in [0.5, 0.6) is 5.75 Å². The molecule has 1 fully saturated rings. The van der Waals surface area contributed by atoms with Gasteiger partial charge in [-0.05, 0) is 43.7 Å². The van der Waals surface area contributed by atoms with Gasteiger partial charge in [-0.1, -0.05) is 6.92 Å². The number of carbonyl (C=O) groups is 1. The number of hydrogen-bond acceptors (Lipinski definition) is 7. The first-order valence-electron chi connectivity index (χ1n) is 9.82. The van der Waals surface area contributed by atoms with Gasteiger partial charge >= 0.3 is 0 Å². The Hall–Kier alpha value is -2.67. The molecule has 0 amide bonds. The quantitative estimate of drug-likeness (QED) is 0.873. The highest BCUT2D eigenvalue weighted by atomic mass is 16.5. The number of anilines is 3. The minimum Gasteiger partial charge on any atom is -0.497 e. The third-order valence-corrected chi connectivity index (χ3v) is 5.47. The van der Waals surface area contributed by atoms with Crippen LogP contribution in [0.3, 0.4) is 0 Å². The first-order valence-corrected chi connectivity index (χ1v) is 9.82. The van der Waals surface area contributed by atoms with Gasteiger partial charge in [0.25, 0.3) is 0 Å². The van der Waals surface area contributed by atoms with Crippen molar-refractivity contribution in [2.75, 3.05) is 50.6 Å². The zero-order valence-corrected chi connectivity index (χ0v) is 16.7. The van der Waals surface area contributed by atoms with Crippen molar-refractivity contribution in [1.82, 2.24) is 14.9 Å². The summed E-state index contributed by atoms with van der Waals surface area (Å²) in [7, 11) is 3.77. The van der Waals surface area contributed by atoms with Gasteiger partial charge in [0.1, 0.15) is 11.6 Å². The van der Waals surface area contributed by atoms with Crippen molar-refractivity contribution in [1.29, 1.82) is 0 Å². The number of benzene rings is 1. The van der Waals surface area contributed by atoms with Crippen molar-refractivity contribution >= 4 is 23.2 Å². The second-order valence-electron chi connectivity index (χ2n) is 7.77. The van der Waals surface area contributed by atoms with Crippen LogP contribution in [0.2, 0.25) is 0 Å². The molecule has 2 aliphatic rings. The molecule has 1 aliphatic carbocycles. The van der Waals surface area contributed by atoms with Gasteiger partial charge in [-0.3, -0.25) is 4.79 Å². The van der Waals surface area contributed by atoms with Crippen molar-refractivity contribution in [2.45, 2.75) is 19.8 Å². The van der Waals surface area contributed by atoms with Gasteiger partial charge in [0, 0.05) is 38.3 Å². The Morgan fingerprint density at radius 3 is 2.46 bits per heavy atom. The van der Waals surface area contributed by atoms with E-state index >= 15 is 0 Å². The smallest absolute Gasteiger partial charge is 0.227 e. The molecule has 7 nitrogen and oxygen atoms in total. The van der Waals surface area contributed by atoms with Gasteiger partial charge in [-0.25, -0.2) is 4.98 Å². The van der Waals surface area contributed by atoms with Crippen LogP contribution >= 0.6 is 0 Å². The fraction of sp³-hybridized carbons (Fsp3) is 0.476. The molecular formula is C21H27N5O2. The van der Waals surface area contributed by atoms with Gasteiger partial charge in [-0.2, -0.15) is 4.98 Å². The van der Waals surface area contributed by atoms with E-state index in [2.05, 4.69) is 29.1 Å². The lowest BCUT2D eigenvalue weighted by molar-refractivity contribution is 0.0952. The fourth-order valence-corrected chi connectivity index (χ4v) is 3.81. The molecule has 0 radical (unpaired) electrons. The van der Waals surface area contributed by atoms with Crippen molar-refractivity contribution in [2.24, 2.45) is 5.92 Å². The number of likely N-dealkylation sites (N-methyl/N-ethyl adjacent to an activating group) is 1. The summed E-state index contributed by atoms with van der Waals surface area (Å²) in [5.41, 5.74) is 2.38. The van der Waals surface area contributed by atoms with Crippen LogP contribution in [0.15, 0.2) is 24.3 Å². The van der Waals surface area contributed by atoms with Gasteiger partial charge in [-0.15, -0.1) is 0 Å². The lowest BCUT2D eigenvalue weighted by Crippen LogP contribution is -2.45. The number of nitrogens with zero attached hydrogens (tertiary/aromatic N) is 4. The van der Waals surface area contributed by atoms with E-state index in [0.29, 0.717) is 29.7 Å². The molecule has 2 aromatic rings. The maximum absolute atomic E-state index is 12.8. The highest BCUT2D eigenvalue weighted by molar-refractivity contribution is 6.03. The number of ketones is 1. The fourth-order valence-electron chi connectivity index (χ4n) is 3.81. The molecule has 1 aliphatic heterocycles. The number of rotatable bonds is 4. The summed E-state index contributed by atoms with van der Waals surface area (Å²) >= 11 is 0. The molecule has 148 valence electrons. The highest BCUT2D eigenvalue weighted by Crippen LogP contribution is 2.32. The second kappa shape index (κ2) is 7.75. The molecule has 1 atom stereocenters. The van der Waals surface area contributed by atoms with Crippen LogP contribution in [0.4, 0.5) is 17.5 Å². The number of hydrogen-bond donors (Lipinski definition) is 1. The topological polar surface area (TPSA) is 70.6 Å². The Bertz CT molecular complexity index is 860. The first kappa shape index (κ1) is 18.7. The molecule has 4 rings (SSSR count). The number of methoxy groups -OCH3 is 1. The summed E-state index contributed by atoms with van der Waals surface area (Å²) in [5, 5.41) is 3.35. The monoisotopic (exact) mass is 381 g/mol. The van der Waals surface area contributed by atoms with Crippen LogP contribution in [0.1, 0.15) is 29.4 Å². The normalized spacial score (nSPS) is 20.0. The summed E-state index contributed by atoms with van der Waals surface area (Å²) in [6, 6.07) is 7.64. The Morgan fingerprint density at radius 1 is 1.07 bits per heavy atom. The van der Waals surface area contributed by atoms with E-state index in [1.165, 1.54) is 0 Å². The zero-order chi connectivity index (χ0) is 19.7. The van der Waals surface area contributed by atoms with Gasteiger partial charge in [0.15, 0.2) is 5.78 Å². The number of carbonyl (C=O) groups excluding carboxylic acids is 1. The third-order valence-electron chi connectivity index (χ3n) is 5.47. The van der Waals surface area contributed by atoms with Crippen molar-refractivity contribution < 1.29 is 9.53 Å². The average molecular weight is 381 g/mol. The Labute approximate surface area is 165 Å². The predicted octanol–water partition coefficient (Wildman–Crippen LogP) is 2.75. The largest absolute Gasteiger partial charge is 0.497 e. The number of nitrogens with one attached hydrogen (secondary N) is 1. The van der Waals surface area contributed by atoms with Crippen LogP contribution in [-0.2, 0) is 6.42 Å². The zero-order valence-electron chi connectivity index (χ0n) is 16.7. The molecule has 1 aromatic heterocycles. The first-order chi connectivity index (χ1) is 13.5. The SMILES string of the molecule is COc1ccc(Nc2nc(N3CCN(C)CC3)nc3c2C(=O)C[C@H](C)C3)cc1. The van der Waals surface area contributed by atoms with E-state index in [-0.39, 0.29) is 5.78 Å². The number of ether oxygens (including phenoxy) is 1. The maximum Gasteiger partial charge on any atom is 0.227 e. The predicted molar refractivity (Wildman–Crippen MR) is 110 cm³/mol. The van der Waals surface area contributed by atoms with E-state index < -0.39 is 0 Å². The molecule has 0 saturated carbocycles. The van der Waals surface area contributed by atoms with Crippen LogP contribution in [0, 0.1) is 5.92 Å². The van der Waals surface area contributed by atoms with E-state index in [4.69, 9.17) is 14.7 Å². The molecule has 1 aromatic carbocycles. The standard InChI is InChI=1S/C21H27N5O2/c1-14-12-17-19(18(27)13-14)20(22-15-4-6-16(28-3)7-5-15)24-21(23-17)26-10-8-25(2)9-11-26/h4-7,14H,8-13H2,1-3H3,(H,22,23,24)/t14-/m1/s1. The van der Waals surface area contributed by atoms with Gasteiger partial charge in [0.2, 0.25) is 5.95 Å². The number of Topliss-reactive ketones (excluding diaryl/α,β-unsaturated/α-hetero) is 1. The molecule has 2 heterocycles. The van der Waals surface area contributed by atoms with Crippen LogP contribution in [0.25, 0.3) is 0 Å². The van der Waals surface area contributed by atoms with Crippen molar-refractivity contribution in [3.8, 4) is 5.75 Å². The molecule has 0 bridgehead atoms. The van der Waals surface area contributed by atoms with E-state index in [0.717, 1.165) is 49.7 Å². The Kier molecular flexibility index (Phi) is 5.17. The van der Waals surface area contributed by atoms with Crippen LogP contribution < -0.4 is 15.0 Å². The minimum atomic E-state index is 0.120. The maximum atomic E-state index is 12.8. The van der Waals surface area contributed by atoms with Crippen LogP contribution in [-0.4, -0.2) is 61.0 Å². The summed E-state index contributed by atoms with van der Waals surface area (Å²) in [5.74, 6) is 2.54. The van der Waals surface area contributed by atoms with Crippen molar-refractivity contribution in [3.05, 3.63) is 35.5 Å². The number of fused-ring (bicyclic) bond motifs is 1. The summed E-state index contributed by atoms with van der Waals surface area (Å²) in [6.45, 7) is 5.85. The molecule has 1 saturated heterocycles. The summed E-state index contributed by atoms with van der Waals surface area (Å²) in [4.78, 5) is 26.9.